The molecule has 0 heterocycles. The Bertz CT molecular complexity index is 673. The number of amides is 1. The second-order valence-corrected chi connectivity index (χ2v) is 5.73. The number of aliphatic carboxylic acids is 1. The van der Waals surface area contributed by atoms with E-state index in [4.69, 9.17) is 21.4 Å². The number of carbonyl (C=O) groups is 2. The molecular formula is C18H18ClNO4. The van der Waals surface area contributed by atoms with Crippen LogP contribution in [0.1, 0.15) is 23.5 Å². The Balaban J connectivity index is 1.88. The first-order valence-electron chi connectivity index (χ1n) is 7.46. The molecule has 0 bridgehead atoms. The molecule has 0 saturated heterocycles. The molecule has 0 aliphatic carbocycles. The summed E-state index contributed by atoms with van der Waals surface area (Å²) in [5.74, 6) is -1.29. The maximum Gasteiger partial charge on any atom is 0.407 e. The predicted molar refractivity (Wildman–Crippen MR) is 91.1 cm³/mol. The molecule has 0 fully saturated rings. The molecule has 0 aromatic heterocycles. The number of rotatable bonds is 7. The molecule has 1 amide bonds. The van der Waals surface area contributed by atoms with Crippen molar-refractivity contribution in [3.8, 4) is 0 Å². The van der Waals surface area contributed by atoms with E-state index in [0.717, 1.165) is 11.1 Å². The highest BCUT2D eigenvalue weighted by Crippen LogP contribution is 2.21. The average Bonchev–Trinajstić information content (AvgIpc) is 2.58. The van der Waals surface area contributed by atoms with Gasteiger partial charge in [0.05, 0.1) is 6.42 Å². The van der Waals surface area contributed by atoms with Crippen molar-refractivity contribution < 1.29 is 19.4 Å². The van der Waals surface area contributed by atoms with E-state index >= 15 is 0 Å². The SMILES string of the molecule is O=C(O)CC(CNC(=O)OCc1ccccc1)c1ccc(Cl)cc1. The highest BCUT2D eigenvalue weighted by molar-refractivity contribution is 6.30. The molecule has 5 nitrogen and oxygen atoms in total. The molecule has 0 saturated carbocycles. The summed E-state index contributed by atoms with van der Waals surface area (Å²) in [6, 6.07) is 16.2. The Labute approximate surface area is 145 Å². The summed E-state index contributed by atoms with van der Waals surface area (Å²) in [5.41, 5.74) is 1.68. The maximum absolute atomic E-state index is 11.8. The molecule has 24 heavy (non-hydrogen) atoms. The number of benzene rings is 2. The van der Waals surface area contributed by atoms with Crippen molar-refractivity contribution in [2.45, 2.75) is 18.9 Å². The Hall–Kier alpha value is -2.53. The summed E-state index contributed by atoms with van der Waals surface area (Å²) in [6.07, 6.45) is -0.677. The molecule has 2 aromatic rings. The number of hydrogen-bond acceptors (Lipinski definition) is 3. The lowest BCUT2D eigenvalue weighted by molar-refractivity contribution is -0.137. The van der Waals surface area contributed by atoms with Gasteiger partial charge < -0.3 is 15.2 Å². The normalized spacial score (nSPS) is 11.5. The molecule has 1 atom stereocenters. The number of hydrogen-bond donors (Lipinski definition) is 2. The van der Waals surface area contributed by atoms with Gasteiger partial charge in [-0.25, -0.2) is 4.79 Å². The molecule has 1 unspecified atom stereocenters. The van der Waals surface area contributed by atoms with E-state index in [9.17, 15) is 9.59 Å². The standard InChI is InChI=1S/C18H18ClNO4/c19-16-8-6-14(7-9-16)15(10-17(21)22)11-20-18(23)24-12-13-4-2-1-3-5-13/h1-9,15H,10-12H2,(H,20,23)(H,21,22). The number of ether oxygens (including phenoxy) is 1. The minimum atomic E-state index is -0.936. The maximum atomic E-state index is 11.8. The monoisotopic (exact) mass is 347 g/mol. The van der Waals surface area contributed by atoms with Gasteiger partial charge in [-0.15, -0.1) is 0 Å². The molecule has 6 heteroatoms. The van der Waals surface area contributed by atoms with Crippen molar-refractivity contribution in [3.05, 3.63) is 70.7 Å². The van der Waals surface area contributed by atoms with Crippen molar-refractivity contribution in [3.63, 3.8) is 0 Å². The van der Waals surface area contributed by atoms with Gasteiger partial charge in [0.2, 0.25) is 0 Å². The van der Waals surface area contributed by atoms with Gasteiger partial charge in [0, 0.05) is 17.5 Å². The van der Waals surface area contributed by atoms with Crippen LogP contribution < -0.4 is 5.32 Å². The predicted octanol–water partition coefficient (Wildman–Crippen LogP) is 3.82. The van der Waals surface area contributed by atoms with Crippen LogP contribution in [-0.2, 0) is 16.1 Å². The second-order valence-electron chi connectivity index (χ2n) is 5.29. The van der Waals surface area contributed by atoms with Gasteiger partial charge in [-0.1, -0.05) is 54.1 Å². The van der Waals surface area contributed by atoms with E-state index in [2.05, 4.69) is 5.32 Å². The van der Waals surface area contributed by atoms with Gasteiger partial charge in [0.1, 0.15) is 6.61 Å². The van der Waals surface area contributed by atoms with Crippen molar-refractivity contribution in [1.82, 2.24) is 5.32 Å². The molecule has 0 radical (unpaired) electrons. The van der Waals surface area contributed by atoms with Crippen LogP contribution >= 0.6 is 11.6 Å². The molecule has 0 spiro atoms. The fourth-order valence-corrected chi connectivity index (χ4v) is 2.36. The third-order valence-electron chi connectivity index (χ3n) is 3.47. The molecule has 2 N–H and O–H groups in total. The molecule has 126 valence electrons. The third-order valence-corrected chi connectivity index (χ3v) is 3.72. The lowest BCUT2D eigenvalue weighted by Gasteiger charge is -2.16. The minimum absolute atomic E-state index is 0.0966. The van der Waals surface area contributed by atoms with E-state index in [-0.39, 0.29) is 25.5 Å². The van der Waals surface area contributed by atoms with E-state index in [0.29, 0.717) is 5.02 Å². The Morgan fingerprint density at radius 1 is 1.08 bits per heavy atom. The van der Waals surface area contributed by atoms with E-state index in [1.54, 1.807) is 24.3 Å². The number of alkyl carbamates (subject to hydrolysis) is 1. The fraction of sp³-hybridized carbons (Fsp3) is 0.222. The lowest BCUT2D eigenvalue weighted by atomic mass is 9.96. The van der Waals surface area contributed by atoms with Gasteiger partial charge in [0.25, 0.3) is 0 Å². The zero-order chi connectivity index (χ0) is 17.4. The number of carboxylic acid groups (broad SMARTS) is 1. The topological polar surface area (TPSA) is 75.6 Å². The lowest BCUT2D eigenvalue weighted by Crippen LogP contribution is -2.29. The van der Waals surface area contributed by atoms with Gasteiger partial charge in [-0.3, -0.25) is 4.79 Å². The Morgan fingerprint density at radius 3 is 2.38 bits per heavy atom. The summed E-state index contributed by atoms with van der Waals surface area (Å²) >= 11 is 5.84. The first kappa shape index (κ1) is 17.8. The van der Waals surface area contributed by atoms with E-state index in [1.165, 1.54) is 0 Å². The number of halogens is 1. The van der Waals surface area contributed by atoms with Crippen LogP contribution in [0.15, 0.2) is 54.6 Å². The summed E-state index contributed by atoms with van der Waals surface area (Å²) in [4.78, 5) is 22.8. The summed E-state index contributed by atoms with van der Waals surface area (Å²) in [6.45, 7) is 0.332. The fourth-order valence-electron chi connectivity index (χ4n) is 2.23. The smallest absolute Gasteiger partial charge is 0.407 e. The number of carbonyl (C=O) groups excluding carboxylic acids is 1. The first-order chi connectivity index (χ1) is 11.5. The quantitative estimate of drug-likeness (QED) is 0.798. The minimum Gasteiger partial charge on any atom is -0.481 e. The van der Waals surface area contributed by atoms with Gasteiger partial charge in [-0.2, -0.15) is 0 Å². The van der Waals surface area contributed by atoms with Crippen LogP contribution in [0.5, 0.6) is 0 Å². The highest BCUT2D eigenvalue weighted by atomic mass is 35.5. The zero-order valence-corrected chi connectivity index (χ0v) is 13.7. The van der Waals surface area contributed by atoms with Gasteiger partial charge in [-0.05, 0) is 23.3 Å². The van der Waals surface area contributed by atoms with Crippen molar-refractivity contribution >= 4 is 23.7 Å². The average molecular weight is 348 g/mol. The molecule has 2 aromatic carbocycles. The van der Waals surface area contributed by atoms with Crippen LogP contribution in [0.25, 0.3) is 0 Å². The van der Waals surface area contributed by atoms with Gasteiger partial charge >= 0.3 is 12.1 Å². The molecule has 0 aliphatic heterocycles. The summed E-state index contributed by atoms with van der Waals surface area (Å²) in [5, 5.41) is 12.2. The number of carboxylic acids is 1. The first-order valence-corrected chi connectivity index (χ1v) is 7.84. The zero-order valence-electron chi connectivity index (χ0n) is 12.9. The van der Waals surface area contributed by atoms with Crippen LogP contribution in [0.2, 0.25) is 5.02 Å². The van der Waals surface area contributed by atoms with Crippen molar-refractivity contribution in [2.75, 3.05) is 6.54 Å². The largest absolute Gasteiger partial charge is 0.481 e. The second kappa shape index (κ2) is 8.93. The van der Waals surface area contributed by atoms with Crippen LogP contribution in [-0.4, -0.2) is 23.7 Å². The van der Waals surface area contributed by atoms with Crippen molar-refractivity contribution in [2.24, 2.45) is 0 Å². The molecule has 0 aliphatic rings. The van der Waals surface area contributed by atoms with Gasteiger partial charge in [0.15, 0.2) is 0 Å². The van der Waals surface area contributed by atoms with Crippen LogP contribution in [0.4, 0.5) is 4.79 Å². The number of nitrogens with one attached hydrogen (secondary N) is 1. The summed E-state index contributed by atoms with van der Waals surface area (Å²) < 4.78 is 5.12. The summed E-state index contributed by atoms with van der Waals surface area (Å²) in [7, 11) is 0. The Kier molecular flexibility index (Phi) is 6.63. The van der Waals surface area contributed by atoms with Crippen LogP contribution in [0, 0.1) is 0 Å². The highest BCUT2D eigenvalue weighted by Gasteiger charge is 2.17. The molecule has 2 rings (SSSR count). The van der Waals surface area contributed by atoms with Crippen LogP contribution in [0.3, 0.4) is 0 Å². The van der Waals surface area contributed by atoms with E-state index in [1.807, 2.05) is 30.3 Å². The van der Waals surface area contributed by atoms with E-state index < -0.39 is 12.1 Å². The third kappa shape index (κ3) is 5.93. The molecular weight excluding hydrogens is 330 g/mol. The van der Waals surface area contributed by atoms with Crippen molar-refractivity contribution in [1.29, 1.82) is 0 Å². The Morgan fingerprint density at radius 2 is 1.75 bits per heavy atom.